The Kier molecular flexibility index (Phi) is 3.28. The van der Waals surface area contributed by atoms with E-state index in [0.717, 1.165) is 0 Å². The summed E-state index contributed by atoms with van der Waals surface area (Å²) in [4.78, 5) is 10.7. The fraction of sp³-hybridized carbons (Fsp3) is 0.857. The van der Waals surface area contributed by atoms with Crippen molar-refractivity contribution in [3.63, 3.8) is 0 Å². The zero-order valence-electron chi connectivity index (χ0n) is 7.65. The van der Waals surface area contributed by atoms with Crippen molar-refractivity contribution in [2.45, 2.75) is 30.1 Å². The Bertz CT molecular complexity index is 258. The fourth-order valence-corrected chi connectivity index (χ4v) is 1.38. The Hall–Kier alpha value is -0.770. The van der Waals surface area contributed by atoms with Crippen LogP contribution in [0.3, 0.4) is 0 Å². The van der Waals surface area contributed by atoms with E-state index in [1.54, 1.807) is 0 Å². The summed E-state index contributed by atoms with van der Waals surface area (Å²) < 4.78 is 4.55. The van der Waals surface area contributed by atoms with Gasteiger partial charge in [-0.1, -0.05) is 0 Å². The summed E-state index contributed by atoms with van der Waals surface area (Å²) in [6, 6.07) is -1.70. The minimum atomic E-state index is -2.81. The van der Waals surface area contributed by atoms with Crippen molar-refractivity contribution < 1.29 is 35.1 Å². The Labute approximate surface area is 84.5 Å². The van der Waals surface area contributed by atoms with E-state index in [9.17, 15) is 20.1 Å². The van der Waals surface area contributed by atoms with Crippen molar-refractivity contribution in [2.75, 3.05) is 6.61 Å². The number of aliphatic hydroxyl groups excluding tert-OH is 3. The van der Waals surface area contributed by atoms with Gasteiger partial charge in [-0.05, 0) is 0 Å². The molecular formula is C7H13NO7. The largest absolute Gasteiger partial charge is 0.477 e. The van der Waals surface area contributed by atoms with Crippen LogP contribution in [0.15, 0.2) is 0 Å². The molecule has 1 aliphatic rings. The lowest BCUT2D eigenvalue weighted by Crippen LogP contribution is -2.71. The molecule has 88 valence electrons. The number of hydrogen-bond acceptors (Lipinski definition) is 7. The van der Waals surface area contributed by atoms with Gasteiger partial charge in [0.15, 0.2) is 0 Å². The Balaban J connectivity index is 2.97. The second-order valence-electron chi connectivity index (χ2n) is 3.35. The summed E-state index contributed by atoms with van der Waals surface area (Å²) >= 11 is 0. The van der Waals surface area contributed by atoms with Gasteiger partial charge in [0, 0.05) is 0 Å². The number of hydrogen-bond donors (Lipinski definition) is 6. The van der Waals surface area contributed by atoms with Gasteiger partial charge in [0.05, 0.1) is 12.6 Å². The van der Waals surface area contributed by atoms with Gasteiger partial charge in [-0.2, -0.15) is 0 Å². The minimum Gasteiger partial charge on any atom is -0.477 e. The van der Waals surface area contributed by atoms with Crippen LogP contribution < -0.4 is 5.73 Å². The van der Waals surface area contributed by atoms with Crippen LogP contribution >= 0.6 is 0 Å². The summed E-state index contributed by atoms with van der Waals surface area (Å²) in [6.07, 6.45) is -4.65. The van der Waals surface area contributed by atoms with Gasteiger partial charge in [0.2, 0.25) is 0 Å². The van der Waals surface area contributed by atoms with E-state index in [-0.39, 0.29) is 0 Å². The second kappa shape index (κ2) is 4.00. The topological polar surface area (TPSA) is 153 Å². The Morgan fingerprint density at radius 2 is 1.93 bits per heavy atom. The molecule has 1 unspecified atom stereocenters. The van der Waals surface area contributed by atoms with Crippen LogP contribution in [0.25, 0.3) is 0 Å². The molecule has 0 spiro atoms. The van der Waals surface area contributed by atoms with Crippen LogP contribution in [-0.4, -0.2) is 68.2 Å². The maximum atomic E-state index is 10.7. The molecule has 0 bridgehead atoms. The molecule has 0 radical (unpaired) electrons. The van der Waals surface area contributed by atoms with Gasteiger partial charge in [0.25, 0.3) is 5.79 Å². The number of rotatable bonds is 2. The molecule has 1 saturated heterocycles. The number of carboxylic acids is 1. The van der Waals surface area contributed by atoms with E-state index < -0.39 is 42.7 Å². The molecule has 0 aromatic rings. The summed E-state index contributed by atoms with van der Waals surface area (Å²) in [5.41, 5.74) is 5.22. The second-order valence-corrected chi connectivity index (χ2v) is 3.35. The molecule has 1 rings (SSSR count). The van der Waals surface area contributed by atoms with Gasteiger partial charge >= 0.3 is 5.97 Å². The lowest BCUT2D eigenvalue weighted by atomic mass is 9.91. The normalized spacial score (nSPS) is 46.5. The quantitative estimate of drug-likeness (QED) is 0.278. The molecule has 1 fully saturated rings. The van der Waals surface area contributed by atoms with Crippen LogP contribution in [0.1, 0.15) is 0 Å². The van der Waals surface area contributed by atoms with Gasteiger partial charge < -0.3 is 36.0 Å². The van der Waals surface area contributed by atoms with Crippen LogP contribution in [-0.2, 0) is 9.53 Å². The number of ether oxygens (including phenoxy) is 1. The highest BCUT2D eigenvalue weighted by atomic mass is 16.7. The highest BCUT2D eigenvalue weighted by Gasteiger charge is 2.56. The molecule has 0 aromatic heterocycles. The van der Waals surface area contributed by atoms with Gasteiger partial charge in [-0.25, -0.2) is 4.79 Å². The van der Waals surface area contributed by atoms with E-state index in [0.29, 0.717) is 0 Å². The van der Waals surface area contributed by atoms with Crippen molar-refractivity contribution in [3.05, 3.63) is 0 Å². The third-order valence-electron chi connectivity index (χ3n) is 2.37. The molecule has 1 heterocycles. The van der Waals surface area contributed by atoms with Gasteiger partial charge in [-0.15, -0.1) is 0 Å². The molecule has 15 heavy (non-hydrogen) atoms. The molecular weight excluding hydrogens is 210 g/mol. The molecule has 0 saturated carbocycles. The monoisotopic (exact) mass is 223 g/mol. The first-order chi connectivity index (χ1) is 6.84. The standard InChI is InChI=1S/C7H13NO7/c8-5-4(11)3(10)2(1-9)15-7(5,14)6(12)13/h2-5,9-11,14H,1,8H2,(H,12,13)/t2-,3-,4+,5-,7?/m1/s1. The zero-order chi connectivity index (χ0) is 11.8. The van der Waals surface area contributed by atoms with Crippen LogP contribution in [0.4, 0.5) is 0 Å². The van der Waals surface area contributed by atoms with E-state index >= 15 is 0 Å². The van der Waals surface area contributed by atoms with Crippen molar-refractivity contribution in [2.24, 2.45) is 5.73 Å². The van der Waals surface area contributed by atoms with Crippen molar-refractivity contribution >= 4 is 5.97 Å². The Morgan fingerprint density at radius 3 is 2.33 bits per heavy atom. The molecule has 5 atom stereocenters. The van der Waals surface area contributed by atoms with Crippen molar-refractivity contribution in [1.82, 2.24) is 0 Å². The molecule has 0 amide bonds. The average Bonchev–Trinajstić information content (AvgIpc) is 2.20. The summed E-state index contributed by atoms with van der Waals surface area (Å²) in [5, 5.41) is 45.5. The number of aliphatic hydroxyl groups is 4. The summed E-state index contributed by atoms with van der Waals surface area (Å²) in [6.45, 7) is -0.749. The average molecular weight is 223 g/mol. The van der Waals surface area contributed by atoms with Crippen LogP contribution in [0.2, 0.25) is 0 Å². The molecule has 8 heteroatoms. The number of aliphatic carboxylic acids is 1. The molecule has 0 aliphatic carbocycles. The van der Waals surface area contributed by atoms with Gasteiger partial charge in [-0.3, -0.25) is 0 Å². The SMILES string of the molecule is N[C@@H]1[C@@H](O)[C@H](O)[C@@H](CO)OC1(O)C(=O)O. The van der Waals surface area contributed by atoms with E-state index in [4.69, 9.17) is 15.9 Å². The highest BCUT2D eigenvalue weighted by Crippen LogP contribution is 2.26. The first-order valence-corrected chi connectivity index (χ1v) is 4.20. The maximum absolute atomic E-state index is 10.7. The van der Waals surface area contributed by atoms with Gasteiger partial charge in [0.1, 0.15) is 18.3 Å². The predicted octanol–water partition coefficient (Wildman–Crippen LogP) is -3.80. The van der Waals surface area contributed by atoms with E-state index in [1.165, 1.54) is 0 Å². The number of nitrogens with two attached hydrogens (primary N) is 1. The molecule has 8 nitrogen and oxygen atoms in total. The van der Waals surface area contributed by atoms with Crippen molar-refractivity contribution in [1.29, 1.82) is 0 Å². The van der Waals surface area contributed by atoms with E-state index in [2.05, 4.69) is 4.74 Å². The third-order valence-corrected chi connectivity index (χ3v) is 2.37. The van der Waals surface area contributed by atoms with E-state index in [1.807, 2.05) is 0 Å². The summed E-state index contributed by atoms with van der Waals surface area (Å²) in [7, 11) is 0. The Morgan fingerprint density at radius 1 is 1.40 bits per heavy atom. The van der Waals surface area contributed by atoms with Crippen LogP contribution in [0, 0.1) is 0 Å². The van der Waals surface area contributed by atoms with Crippen LogP contribution in [0.5, 0.6) is 0 Å². The zero-order valence-corrected chi connectivity index (χ0v) is 7.65. The summed E-state index contributed by atoms with van der Waals surface area (Å²) in [5.74, 6) is -4.61. The maximum Gasteiger partial charge on any atom is 0.366 e. The molecule has 1 aliphatic heterocycles. The highest BCUT2D eigenvalue weighted by molar-refractivity contribution is 5.76. The number of carboxylic acid groups (broad SMARTS) is 1. The molecule has 7 N–H and O–H groups in total. The lowest BCUT2D eigenvalue weighted by molar-refractivity contribution is -0.306. The predicted molar refractivity (Wildman–Crippen MR) is 44.5 cm³/mol. The number of carbonyl (C=O) groups is 1. The minimum absolute atomic E-state index is 0.749. The smallest absolute Gasteiger partial charge is 0.366 e. The van der Waals surface area contributed by atoms with Crippen molar-refractivity contribution in [3.8, 4) is 0 Å². The first kappa shape index (κ1) is 12.3. The lowest BCUT2D eigenvalue weighted by Gasteiger charge is -2.43. The fourth-order valence-electron chi connectivity index (χ4n) is 1.38. The molecule has 0 aromatic carbocycles. The first-order valence-electron chi connectivity index (χ1n) is 4.20. The third kappa shape index (κ3) is 1.83.